The molecule has 5 heteroatoms. The standard InChI is InChI=1S/C23H24O5/c1-3-4-10-18-13-21(24)28-20-12-16(2)11-19(23(18)20)26-15-22(25)27-14-17-8-6-5-7-9-17/h5-9,11-13H,3-4,10,14-15H2,1-2H3. The van der Waals surface area contributed by atoms with Gasteiger partial charge in [0.1, 0.15) is 17.9 Å². The van der Waals surface area contributed by atoms with Gasteiger partial charge in [-0.15, -0.1) is 0 Å². The van der Waals surface area contributed by atoms with E-state index in [4.69, 9.17) is 13.9 Å². The lowest BCUT2D eigenvalue weighted by Gasteiger charge is -2.13. The Balaban J connectivity index is 1.77. The molecule has 146 valence electrons. The molecular weight excluding hydrogens is 356 g/mol. The number of rotatable bonds is 8. The topological polar surface area (TPSA) is 65.7 Å². The molecule has 0 fully saturated rings. The van der Waals surface area contributed by atoms with Gasteiger partial charge in [-0.2, -0.15) is 0 Å². The molecule has 0 amide bonds. The van der Waals surface area contributed by atoms with Gasteiger partial charge in [0.15, 0.2) is 6.61 Å². The minimum absolute atomic E-state index is 0.203. The lowest BCUT2D eigenvalue weighted by Crippen LogP contribution is -2.15. The number of hydrogen-bond donors (Lipinski definition) is 0. The number of hydrogen-bond acceptors (Lipinski definition) is 5. The molecule has 3 rings (SSSR count). The number of benzene rings is 2. The third kappa shape index (κ3) is 5.00. The summed E-state index contributed by atoms with van der Waals surface area (Å²) in [5, 5.41) is 0.745. The van der Waals surface area contributed by atoms with Crippen LogP contribution in [-0.4, -0.2) is 12.6 Å². The van der Waals surface area contributed by atoms with Gasteiger partial charge in [0, 0.05) is 6.07 Å². The van der Waals surface area contributed by atoms with Crippen molar-refractivity contribution in [3.05, 3.63) is 75.6 Å². The minimum Gasteiger partial charge on any atom is -0.481 e. The van der Waals surface area contributed by atoms with Crippen molar-refractivity contribution in [2.45, 2.75) is 39.7 Å². The summed E-state index contributed by atoms with van der Waals surface area (Å²) in [5.74, 6) is 0.0764. The summed E-state index contributed by atoms with van der Waals surface area (Å²) < 4.78 is 16.4. The summed E-state index contributed by atoms with van der Waals surface area (Å²) in [6.45, 7) is 3.97. The highest BCUT2D eigenvalue weighted by molar-refractivity contribution is 5.88. The van der Waals surface area contributed by atoms with E-state index >= 15 is 0 Å². The molecule has 0 saturated heterocycles. The van der Waals surface area contributed by atoms with E-state index in [2.05, 4.69) is 6.92 Å². The summed E-state index contributed by atoms with van der Waals surface area (Å²) in [4.78, 5) is 24.0. The van der Waals surface area contributed by atoms with Crippen molar-refractivity contribution in [2.75, 3.05) is 6.61 Å². The van der Waals surface area contributed by atoms with Crippen molar-refractivity contribution in [3.8, 4) is 5.75 Å². The molecule has 0 aliphatic heterocycles. The summed E-state index contributed by atoms with van der Waals surface area (Å²) in [5.41, 5.74) is 2.78. The molecule has 0 spiro atoms. The monoisotopic (exact) mass is 380 g/mol. The van der Waals surface area contributed by atoms with Crippen molar-refractivity contribution >= 4 is 16.9 Å². The highest BCUT2D eigenvalue weighted by Gasteiger charge is 2.14. The van der Waals surface area contributed by atoms with Gasteiger partial charge in [0.05, 0.1) is 5.39 Å². The van der Waals surface area contributed by atoms with Gasteiger partial charge in [0.25, 0.3) is 0 Å². The number of unbranched alkanes of at least 4 members (excludes halogenated alkanes) is 1. The Morgan fingerprint density at radius 3 is 2.64 bits per heavy atom. The quantitative estimate of drug-likeness (QED) is 0.423. The van der Waals surface area contributed by atoms with Crippen LogP contribution in [0.1, 0.15) is 36.5 Å². The van der Waals surface area contributed by atoms with Crippen molar-refractivity contribution in [1.82, 2.24) is 0 Å². The molecule has 1 heterocycles. The minimum atomic E-state index is -0.453. The molecule has 0 unspecified atom stereocenters. The van der Waals surface area contributed by atoms with Crippen molar-refractivity contribution in [1.29, 1.82) is 0 Å². The number of ether oxygens (including phenoxy) is 2. The molecule has 0 N–H and O–H groups in total. The zero-order valence-electron chi connectivity index (χ0n) is 16.2. The zero-order chi connectivity index (χ0) is 19.9. The van der Waals surface area contributed by atoms with E-state index < -0.39 is 5.97 Å². The van der Waals surface area contributed by atoms with Crippen LogP contribution in [0.5, 0.6) is 5.75 Å². The Morgan fingerprint density at radius 2 is 1.89 bits per heavy atom. The van der Waals surface area contributed by atoms with Gasteiger partial charge in [-0.05, 0) is 48.6 Å². The second kappa shape index (κ2) is 9.22. The number of fused-ring (bicyclic) bond motifs is 1. The predicted octanol–water partition coefficient (Wildman–Crippen LogP) is 4.57. The Hall–Kier alpha value is -3.08. The molecule has 0 atom stereocenters. The van der Waals surface area contributed by atoms with Crippen LogP contribution in [0.3, 0.4) is 0 Å². The van der Waals surface area contributed by atoms with Gasteiger partial charge in [-0.25, -0.2) is 9.59 Å². The SMILES string of the molecule is CCCCc1cc(=O)oc2cc(C)cc(OCC(=O)OCc3ccccc3)c12. The first-order chi connectivity index (χ1) is 13.6. The Morgan fingerprint density at radius 1 is 1.11 bits per heavy atom. The fraction of sp³-hybridized carbons (Fsp3) is 0.304. The van der Waals surface area contributed by atoms with E-state index in [1.165, 1.54) is 6.07 Å². The second-order valence-corrected chi connectivity index (χ2v) is 6.77. The highest BCUT2D eigenvalue weighted by atomic mass is 16.6. The van der Waals surface area contributed by atoms with Crippen LogP contribution in [0.15, 0.2) is 57.7 Å². The van der Waals surface area contributed by atoms with E-state index in [9.17, 15) is 9.59 Å². The van der Waals surface area contributed by atoms with Crippen LogP contribution in [0, 0.1) is 6.92 Å². The average Bonchev–Trinajstić information content (AvgIpc) is 2.68. The molecule has 0 radical (unpaired) electrons. The zero-order valence-corrected chi connectivity index (χ0v) is 16.2. The largest absolute Gasteiger partial charge is 0.481 e. The Bertz CT molecular complexity index is 1000. The lowest BCUT2D eigenvalue weighted by atomic mass is 10.0. The fourth-order valence-corrected chi connectivity index (χ4v) is 3.06. The number of carbonyl (C=O) groups is 1. The maximum Gasteiger partial charge on any atom is 0.344 e. The summed E-state index contributed by atoms with van der Waals surface area (Å²) >= 11 is 0. The molecule has 3 aromatic rings. The van der Waals surface area contributed by atoms with Gasteiger partial charge < -0.3 is 13.9 Å². The Kier molecular flexibility index (Phi) is 6.48. The van der Waals surface area contributed by atoms with Crippen LogP contribution in [-0.2, 0) is 22.6 Å². The van der Waals surface area contributed by atoms with E-state index in [0.29, 0.717) is 11.3 Å². The predicted molar refractivity (Wildman–Crippen MR) is 108 cm³/mol. The third-order valence-electron chi connectivity index (χ3n) is 4.42. The van der Waals surface area contributed by atoms with Gasteiger partial charge in [0.2, 0.25) is 0 Å². The average molecular weight is 380 g/mol. The van der Waals surface area contributed by atoms with Gasteiger partial charge in [-0.3, -0.25) is 0 Å². The van der Waals surface area contributed by atoms with E-state index in [1.807, 2.05) is 49.4 Å². The van der Waals surface area contributed by atoms with Crippen LogP contribution >= 0.6 is 0 Å². The van der Waals surface area contributed by atoms with Crippen molar-refractivity contribution < 1.29 is 18.7 Å². The fourth-order valence-electron chi connectivity index (χ4n) is 3.06. The summed E-state index contributed by atoms with van der Waals surface area (Å²) in [7, 11) is 0. The van der Waals surface area contributed by atoms with Crippen LogP contribution in [0.2, 0.25) is 0 Å². The number of esters is 1. The molecule has 0 bridgehead atoms. The van der Waals surface area contributed by atoms with Crippen LogP contribution in [0.25, 0.3) is 11.0 Å². The lowest BCUT2D eigenvalue weighted by molar-refractivity contribution is -0.147. The molecule has 28 heavy (non-hydrogen) atoms. The molecule has 0 saturated carbocycles. The number of aryl methyl sites for hydroxylation is 2. The van der Waals surface area contributed by atoms with Gasteiger partial charge >= 0.3 is 11.6 Å². The van der Waals surface area contributed by atoms with Crippen LogP contribution < -0.4 is 10.4 Å². The molecule has 0 aliphatic rings. The maximum absolute atomic E-state index is 12.1. The first-order valence-electron chi connectivity index (χ1n) is 9.46. The first-order valence-corrected chi connectivity index (χ1v) is 9.46. The molecular formula is C23H24O5. The van der Waals surface area contributed by atoms with Crippen LogP contribution in [0.4, 0.5) is 0 Å². The molecule has 1 aromatic heterocycles. The smallest absolute Gasteiger partial charge is 0.344 e. The molecule has 2 aromatic carbocycles. The third-order valence-corrected chi connectivity index (χ3v) is 4.42. The van der Waals surface area contributed by atoms with E-state index in [0.717, 1.165) is 41.3 Å². The number of carbonyl (C=O) groups excluding carboxylic acids is 1. The Labute approximate surface area is 163 Å². The van der Waals surface area contributed by atoms with Crippen molar-refractivity contribution in [2.24, 2.45) is 0 Å². The first kappa shape index (κ1) is 19.7. The van der Waals surface area contributed by atoms with E-state index in [1.54, 1.807) is 0 Å². The highest BCUT2D eigenvalue weighted by Crippen LogP contribution is 2.30. The summed E-state index contributed by atoms with van der Waals surface area (Å²) in [6, 6.07) is 14.7. The molecule has 0 aliphatic carbocycles. The van der Waals surface area contributed by atoms with Gasteiger partial charge in [-0.1, -0.05) is 43.7 Å². The van der Waals surface area contributed by atoms with Crippen molar-refractivity contribution in [3.63, 3.8) is 0 Å². The second-order valence-electron chi connectivity index (χ2n) is 6.77. The molecule has 5 nitrogen and oxygen atoms in total. The van der Waals surface area contributed by atoms with E-state index in [-0.39, 0.29) is 18.8 Å². The summed E-state index contributed by atoms with van der Waals surface area (Å²) in [6.07, 6.45) is 2.71. The normalized spacial score (nSPS) is 10.8. The maximum atomic E-state index is 12.1.